The standard InChI is InChI=1S/C26H24BrN9O4/c1-15-8-16(2-3-21(15)40-18-4-5-36-22(9-18)29-14-31-36)32-24-23-20(28-13-30-24)10-19(27)25(33-23)34-6-7-35(26(38)39)17(11-34)12-37/h2-5,8-10,13-14,17,37H,6-7,11-12H2,1H3,(H,38,39)(H,28,30,32)/t17-/m0/s1. The van der Waals surface area contributed by atoms with Gasteiger partial charge in [0.1, 0.15) is 35.5 Å². The van der Waals surface area contributed by atoms with Gasteiger partial charge in [0.25, 0.3) is 0 Å². The molecule has 1 amide bonds. The maximum absolute atomic E-state index is 11.5. The zero-order valence-corrected chi connectivity index (χ0v) is 22.9. The number of piperazine rings is 1. The molecule has 14 heteroatoms. The van der Waals surface area contributed by atoms with Crippen molar-refractivity contribution in [1.29, 1.82) is 0 Å². The fraction of sp³-hybridized carbons (Fsp3) is 0.231. The second kappa shape index (κ2) is 10.5. The van der Waals surface area contributed by atoms with Gasteiger partial charge in [0.05, 0.1) is 22.6 Å². The molecule has 5 aromatic rings. The highest BCUT2D eigenvalue weighted by Crippen LogP contribution is 2.33. The zero-order chi connectivity index (χ0) is 27.8. The van der Waals surface area contributed by atoms with Crippen LogP contribution in [0.5, 0.6) is 11.5 Å². The second-order valence-electron chi connectivity index (χ2n) is 9.27. The van der Waals surface area contributed by atoms with Crippen LogP contribution in [0.15, 0.2) is 59.7 Å². The number of fused-ring (bicyclic) bond motifs is 2. The number of ether oxygens (including phenoxy) is 1. The molecule has 40 heavy (non-hydrogen) atoms. The molecule has 13 nitrogen and oxygen atoms in total. The molecule has 1 aliphatic rings. The number of aliphatic hydroxyl groups excluding tert-OH is 1. The lowest BCUT2D eigenvalue weighted by atomic mass is 10.2. The molecule has 1 fully saturated rings. The molecule has 5 heterocycles. The van der Waals surface area contributed by atoms with E-state index in [1.165, 1.54) is 17.6 Å². The van der Waals surface area contributed by atoms with Crippen LogP contribution in [-0.4, -0.2) is 83.0 Å². The van der Waals surface area contributed by atoms with Crippen LogP contribution in [0.4, 0.5) is 22.1 Å². The number of amides is 1. The first kappa shape index (κ1) is 25.7. The van der Waals surface area contributed by atoms with E-state index in [-0.39, 0.29) is 13.2 Å². The molecule has 6 rings (SSSR count). The van der Waals surface area contributed by atoms with Crippen LogP contribution in [0.1, 0.15) is 5.56 Å². The molecule has 1 aromatic carbocycles. The molecule has 0 saturated carbocycles. The average molecular weight is 606 g/mol. The molecule has 1 saturated heterocycles. The molecule has 0 unspecified atom stereocenters. The Labute approximate surface area is 236 Å². The van der Waals surface area contributed by atoms with Crippen LogP contribution in [-0.2, 0) is 0 Å². The quantitative estimate of drug-likeness (QED) is 0.258. The predicted molar refractivity (Wildman–Crippen MR) is 150 cm³/mol. The van der Waals surface area contributed by atoms with Crippen molar-refractivity contribution in [3.8, 4) is 11.5 Å². The SMILES string of the molecule is Cc1cc(Nc2ncnc3cc(Br)c(N4CCN(C(=O)O)[C@H](CO)C4)nc23)ccc1Oc1ccn2ncnc2c1. The number of pyridine rings is 2. The lowest BCUT2D eigenvalue weighted by molar-refractivity contribution is 0.0909. The van der Waals surface area contributed by atoms with Crippen molar-refractivity contribution < 1.29 is 19.7 Å². The average Bonchev–Trinajstić information content (AvgIpc) is 3.42. The van der Waals surface area contributed by atoms with Gasteiger partial charge < -0.3 is 25.2 Å². The lowest BCUT2D eigenvalue weighted by Gasteiger charge is -2.40. The van der Waals surface area contributed by atoms with Crippen molar-refractivity contribution in [3.63, 3.8) is 0 Å². The number of rotatable bonds is 6. The fourth-order valence-electron chi connectivity index (χ4n) is 4.69. The summed E-state index contributed by atoms with van der Waals surface area (Å²) in [7, 11) is 0. The van der Waals surface area contributed by atoms with Gasteiger partial charge in [0, 0.05) is 37.6 Å². The van der Waals surface area contributed by atoms with Crippen LogP contribution >= 0.6 is 15.9 Å². The Bertz CT molecular complexity index is 1730. The van der Waals surface area contributed by atoms with Gasteiger partial charge in [-0.3, -0.25) is 4.90 Å². The summed E-state index contributed by atoms with van der Waals surface area (Å²) in [6.07, 6.45) is 3.70. The molecule has 4 aromatic heterocycles. The summed E-state index contributed by atoms with van der Waals surface area (Å²) in [5.41, 5.74) is 3.59. The number of halogens is 1. The van der Waals surface area contributed by atoms with Crippen molar-refractivity contribution in [3.05, 3.63) is 65.3 Å². The zero-order valence-electron chi connectivity index (χ0n) is 21.3. The number of hydrogen-bond donors (Lipinski definition) is 3. The largest absolute Gasteiger partial charge is 0.465 e. The smallest absolute Gasteiger partial charge is 0.407 e. The number of hydrogen-bond acceptors (Lipinski definition) is 10. The highest BCUT2D eigenvalue weighted by molar-refractivity contribution is 9.10. The molecule has 0 bridgehead atoms. The van der Waals surface area contributed by atoms with E-state index in [4.69, 9.17) is 9.72 Å². The number of carbonyl (C=O) groups is 1. The Kier molecular flexibility index (Phi) is 6.77. The van der Waals surface area contributed by atoms with E-state index in [9.17, 15) is 15.0 Å². The first-order valence-corrected chi connectivity index (χ1v) is 13.2. The van der Waals surface area contributed by atoms with Gasteiger partial charge in [0.15, 0.2) is 11.5 Å². The summed E-state index contributed by atoms with van der Waals surface area (Å²) in [6.45, 7) is 2.67. The minimum Gasteiger partial charge on any atom is -0.465 e. The van der Waals surface area contributed by atoms with Gasteiger partial charge in [-0.25, -0.2) is 29.2 Å². The number of anilines is 3. The summed E-state index contributed by atoms with van der Waals surface area (Å²) in [5.74, 6) is 2.50. The molecule has 0 spiro atoms. The van der Waals surface area contributed by atoms with E-state index in [0.29, 0.717) is 57.4 Å². The van der Waals surface area contributed by atoms with Crippen LogP contribution in [0.25, 0.3) is 16.7 Å². The van der Waals surface area contributed by atoms with Gasteiger partial charge >= 0.3 is 6.09 Å². The number of aryl methyl sites for hydroxylation is 1. The van der Waals surface area contributed by atoms with Crippen molar-refractivity contribution in [2.45, 2.75) is 13.0 Å². The summed E-state index contributed by atoms with van der Waals surface area (Å²) in [6, 6.07) is 10.7. The van der Waals surface area contributed by atoms with Gasteiger partial charge in [0.2, 0.25) is 0 Å². The van der Waals surface area contributed by atoms with Gasteiger partial charge in [-0.1, -0.05) is 0 Å². The fourth-order valence-corrected chi connectivity index (χ4v) is 5.24. The van der Waals surface area contributed by atoms with E-state index in [1.807, 2.05) is 48.2 Å². The lowest BCUT2D eigenvalue weighted by Crippen LogP contribution is -2.56. The highest BCUT2D eigenvalue weighted by Gasteiger charge is 2.31. The Morgan fingerprint density at radius 2 is 2.02 bits per heavy atom. The Morgan fingerprint density at radius 3 is 2.83 bits per heavy atom. The molecule has 3 N–H and O–H groups in total. The van der Waals surface area contributed by atoms with E-state index >= 15 is 0 Å². The minimum absolute atomic E-state index is 0.254. The van der Waals surface area contributed by atoms with E-state index in [0.717, 1.165) is 11.3 Å². The van der Waals surface area contributed by atoms with Crippen molar-refractivity contribution >= 4 is 56.0 Å². The Hall–Kier alpha value is -4.56. The van der Waals surface area contributed by atoms with Crippen LogP contribution in [0.3, 0.4) is 0 Å². The molecular formula is C26H24BrN9O4. The summed E-state index contributed by atoms with van der Waals surface area (Å²) in [4.78, 5) is 32.6. The summed E-state index contributed by atoms with van der Waals surface area (Å²) in [5, 5.41) is 26.7. The van der Waals surface area contributed by atoms with Gasteiger partial charge in [-0.15, -0.1) is 0 Å². The van der Waals surface area contributed by atoms with Gasteiger partial charge in [-0.2, -0.15) is 5.10 Å². The van der Waals surface area contributed by atoms with Crippen molar-refractivity contribution in [2.75, 3.05) is 36.5 Å². The maximum Gasteiger partial charge on any atom is 0.407 e. The minimum atomic E-state index is -1.05. The number of nitrogens with one attached hydrogen (secondary N) is 1. The third kappa shape index (κ3) is 4.94. The maximum atomic E-state index is 11.5. The number of carboxylic acid groups (broad SMARTS) is 1. The summed E-state index contributed by atoms with van der Waals surface area (Å²) < 4.78 is 8.46. The first-order chi connectivity index (χ1) is 19.4. The molecule has 1 aliphatic heterocycles. The van der Waals surface area contributed by atoms with E-state index in [2.05, 4.69) is 41.3 Å². The predicted octanol–water partition coefficient (Wildman–Crippen LogP) is 3.84. The second-order valence-corrected chi connectivity index (χ2v) is 10.1. The number of benzene rings is 1. The van der Waals surface area contributed by atoms with Crippen molar-refractivity contribution in [1.82, 2.24) is 34.4 Å². The van der Waals surface area contributed by atoms with E-state index < -0.39 is 12.1 Å². The summed E-state index contributed by atoms with van der Waals surface area (Å²) >= 11 is 3.59. The Balaban J connectivity index is 1.25. The molecule has 0 radical (unpaired) electrons. The monoisotopic (exact) mass is 605 g/mol. The highest BCUT2D eigenvalue weighted by atomic mass is 79.9. The Morgan fingerprint density at radius 1 is 1.15 bits per heavy atom. The topological polar surface area (TPSA) is 154 Å². The van der Waals surface area contributed by atoms with Crippen LogP contribution in [0, 0.1) is 6.92 Å². The third-order valence-electron chi connectivity index (χ3n) is 6.70. The molecule has 0 aliphatic carbocycles. The number of aromatic nitrogens is 6. The third-order valence-corrected chi connectivity index (χ3v) is 7.29. The first-order valence-electron chi connectivity index (χ1n) is 12.4. The van der Waals surface area contributed by atoms with E-state index in [1.54, 1.807) is 10.7 Å². The van der Waals surface area contributed by atoms with Crippen molar-refractivity contribution in [2.24, 2.45) is 0 Å². The number of nitrogens with zero attached hydrogens (tertiary/aromatic N) is 8. The molecule has 204 valence electrons. The van der Waals surface area contributed by atoms with Crippen LogP contribution in [0.2, 0.25) is 0 Å². The van der Waals surface area contributed by atoms with Gasteiger partial charge in [-0.05, 0) is 58.7 Å². The molecular weight excluding hydrogens is 582 g/mol. The normalized spacial score (nSPS) is 15.5. The van der Waals surface area contributed by atoms with Crippen LogP contribution < -0.4 is 15.0 Å². The molecule has 1 atom stereocenters. The number of aliphatic hydroxyl groups is 1.